The Morgan fingerprint density at radius 1 is 1.25 bits per heavy atom. The first-order chi connectivity index (χ1) is 9.72. The molecule has 0 aromatic heterocycles. The summed E-state index contributed by atoms with van der Waals surface area (Å²) in [5, 5.41) is 3.42. The van der Waals surface area contributed by atoms with Crippen molar-refractivity contribution in [1.29, 1.82) is 0 Å². The maximum atomic E-state index is 4.45. The van der Waals surface area contributed by atoms with Gasteiger partial charge in [0.1, 0.15) is 0 Å². The summed E-state index contributed by atoms with van der Waals surface area (Å²) in [5.74, 6) is 1.01. The Bertz CT molecular complexity index is 452. The Kier molecular flexibility index (Phi) is 5.41. The number of nitrogens with one attached hydrogen (secondary N) is 1. The van der Waals surface area contributed by atoms with E-state index < -0.39 is 0 Å². The molecule has 20 heavy (non-hydrogen) atoms. The molecular formula is C16H26N4. The van der Waals surface area contributed by atoms with Crippen molar-refractivity contribution in [2.75, 3.05) is 33.2 Å². The van der Waals surface area contributed by atoms with Gasteiger partial charge in [-0.2, -0.15) is 0 Å². The molecule has 2 rings (SSSR count). The highest BCUT2D eigenvalue weighted by molar-refractivity contribution is 5.81. The van der Waals surface area contributed by atoms with Crippen LogP contribution in [0.1, 0.15) is 25.0 Å². The normalized spacial score (nSPS) is 14.8. The van der Waals surface area contributed by atoms with E-state index in [9.17, 15) is 0 Å². The van der Waals surface area contributed by atoms with E-state index >= 15 is 0 Å². The lowest BCUT2D eigenvalue weighted by Crippen LogP contribution is -2.35. The summed E-state index contributed by atoms with van der Waals surface area (Å²) >= 11 is 0. The van der Waals surface area contributed by atoms with Gasteiger partial charge in [0.05, 0.1) is 6.54 Å². The van der Waals surface area contributed by atoms with Gasteiger partial charge < -0.3 is 10.2 Å². The third-order valence-corrected chi connectivity index (χ3v) is 3.80. The van der Waals surface area contributed by atoms with Gasteiger partial charge >= 0.3 is 0 Å². The molecule has 110 valence electrons. The fraction of sp³-hybridized carbons (Fsp3) is 0.562. The summed E-state index contributed by atoms with van der Waals surface area (Å²) in [7, 11) is 2.08. The molecule has 0 unspecified atom stereocenters. The van der Waals surface area contributed by atoms with Gasteiger partial charge in [0.2, 0.25) is 0 Å². The maximum Gasteiger partial charge on any atom is 0.194 e. The van der Waals surface area contributed by atoms with E-state index in [-0.39, 0.29) is 0 Å². The molecular weight excluding hydrogens is 248 g/mol. The molecule has 0 bridgehead atoms. The van der Waals surface area contributed by atoms with Gasteiger partial charge in [0, 0.05) is 26.7 Å². The molecule has 0 fully saturated rings. The minimum atomic E-state index is 0.843. The van der Waals surface area contributed by atoms with Crippen LogP contribution in [0, 0.1) is 0 Å². The second kappa shape index (κ2) is 7.29. The second-order valence-corrected chi connectivity index (χ2v) is 5.26. The van der Waals surface area contributed by atoms with Crippen LogP contribution < -0.4 is 5.32 Å². The summed E-state index contributed by atoms with van der Waals surface area (Å²) < 4.78 is 0. The fourth-order valence-electron chi connectivity index (χ4n) is 2.45. The average molecular weight is 274 g/mol. The lowest BCUT2D eigenvalue weighted by atomic mass is 10.1. The number of benzene rings is 1. The number of likely N-dealkylation sites (N-methyl/N-ethyl adjacent to an activating group) is 1. The standard InChI is InChI=1S/C16H26N4/c1-4-20(5-2)13-15-8-6-7-14(11-15)12-18-16-17-9-10-19(16)3/h6-8,11H,4-5,9-10,12-13H2,1-3H3,(H,17,18). The van der Waals surface area contributed by atoms with Crippen LogP contribution in [0.3, 0.4) is 0 Å². The second-order valence-electron chi connectivity index (χ2n) is 5.26. The van der Waals surface area contributed by atoms with Crippen molar-refractivity contribution < 1.29 is 0 Å². The summed E-state index contributed by atoms with van der Waals surface area (Å²) in [4.78, 5) is 9.05. The van der Waals surface area contributed by atoms with Gasteiger partial charge in [0.15, 0.2) is 5.96 Å². The lowest BCUT2D eigenvalue weighted by Gasteiger charge is -2.19. The lowest BCUT2D eigenvalue weighted by molar-refractivity contribution is 0.296. The van der Waals surface area contributed by atoms with Crippen molar-refractivity contribution in [2.24, 2.45) is 4.99 Å². The molecule has 1 N–H and O–H groups in total. The summed E-state index contributed by atoms with van der Waals surface area (Å²) in [5.41, 5.74) is 2.70. The topological polar surface area (TPSA) is 30.9 Å². The first-order valence-electron chi connectivity index (χ1n) is 7.52. The molecule has 0 saturated heterocycles. The Morgan fingerprint density at radius 2 is 2.00 bits per heavy atom. The van der Waals surface area contributed by atoms with Crippen molar-refractivity contribution in [3.8, 4) is 0 Å². The first-order valence-corrected chi connectivity index (χ1v) is 7.52. The van der Waals surface area contributed by atoms with Crippen molar-refractivity contribution in [1.82, 2.24) is 15.1 Å². The monoisotopic (exact) mass is 274 g/mol. The zero-order valence-corrected chi connectivity index (χ0v) is 12.9. The molecule has 4 heteroatoms. The quantitative estimate of drug-likeness (QED) is 0.860. The van der Waals surface area contributed by atoms with E-state index in [2.05, 4.69) is 65.3 Å². The number of aliphatic imine (C=N–C) groups is 1. The van der Waals surface area contributed by atoms with Gasteiger partial charge in [-0.15, -0.1) is 0 Å². The number of hydrogen-bond donors (Lipinski definition) is 1. The van der Waals surface area contributed by atoms with Gasteiger partial charge in [-0.3, -0.25) is 9.89 Å². The maximum absolute atomic E-state index is 4.45. The molecule has 0 amide bonds. The van der Waals surface area contributed by atoms with Crippen LogP contribution in [-0.2, 0) is 13.1 Å². The van der Waals surface area contributed by atoms with Crippen LogP contribution in [0.2, 0.25) is 0 Å². The zero-order valence-electron chi connectivity index (χ0n) is 12.9. The van der Waals surface area contributed by atoms with E-state index in [1.165, 1.54) is 11.1 Å². The van der Waals surface area contributed by atoms with Crippen LogP contribution >= 0.6 is 0 Å². The van der Waals surface area contributed by atoms with Crippen molar-refractivity contribution in [3.63, 3.8) is 0 Å². The molecule has 1 aromatic rings. The molecule has 4 nitrogen and oxygen atoms in total. The molecule has 1 aliphatic heterocycles. The highest BCUT2D eigenvalue weighted by Crippen LogP contribution is 2.09. The average Bonchev–Trinajstić information content (AvgIpc) is 2.88. The number of guanidine groups is 1. The summed E-state index contributed by atoms with van der Waals surface area (Å²) in [6.45, 7) is 10.4. The minimum absolute atomic E-state index is 0.843. The van der Waals surface area contributed by atoms with Gasteiger partial charge in [0.25, 0.3) is 0 Å². The molecule has 0 spiro atoms. The van der Waals surface area contributed by atoms with E-state index in [0.29, 0.717) is 0 Å². The largest absolute Gasteiger partial charge is 0.352 e. The minimum Gasteiger partial charge on any atom is -0.352 e. The van der Waals surface area contributed by atoms with Crippen LogP contribution in [-0.4, -0.2) is 49.0 Å². The third kappa shape index (κ3) is 3.97. The van der Waals surface area contributed by atoms with Crippen LogP contribution in [0.25, 0.3) is 0 Å². The molecule has 1 heterocycles. The molecule has 0 aliphatic carbocycles. The number of rotatable bonds is 6. The fourth-order valence-corrected chi connectivity index (χ4v) is 2.45. The van der Waals surface area contributed by atoms with Crippen molar-refractivity contribution in [2.45, 2.75) is 26.9 Å². The predicted octanol–water partition coefficient (Wildman–Crippen LogP) is 1.92. The Hall–Kier alpha value is -1.55. The highest BCUT2D eigenvalue weighted by Gasteiger charge is 2.11. The van der Waals surface area contributed by atoms with Gasteiger partial charge in [-0.05, 0) is 24.2 Å². The Balaban J connectivity index is 1.92. The van der Waals surface area contributed by atoms with Gasteiger partial charge in [-0.1, -0.05) is 38.1 Å². The first kappa shape index (κ1) is 14.9. The van der Waals surface area contributed by atoms with Crippen LogP contribution in [0.5, 0.6) is 0 Å². The van der Waals surface area contributed by atoms with E-state index in [4.69, 9.17) is 0 Å². The SMILES string of the molecule is CCN(CC)Cc1cccc(CNC2=NCCN2C)c1. The highest BCUT2D eigenvalue weighted by atomic mass is 15.3. The Labute approximate surface area is 122 Å². The zero-order chi connectivity index (χ0) is 14.4. The van der Waals surface area contributed by atoms with Crippen molar-refractivity contribution in [3.05, 3.63) is 35.4 Å². The van der Waals surface area contributed by atoms with Gasteiger partial charge in [-0.25, -0.2) is 0 Å². The van der Waals surface area contributed by atoms with Crippen molar-refractivity contribution >= 4 is 5.96 Å². The molecule has 1 aliphatic rings. The van der Waals surface area contributed by atoms with E-state index in [1.54, 1.807) is 0 Å². The van der Waals surface area contributed by atoms with E-state index in [1.807, 2.05) is 0 Å². The van der Waals surface area contributed by atoms with Crippen LogP contribution in [0.4, 0.5) is 0 Å². The molecule has 0 radical (unpaired) electrons. The number of nitrogens with zero attached hydrogens (tertiary/aromatic N) is 3. The summed E-state index contributed by atoms with van der Waals surface area (Å²) in [6.07, 6.45) is 0. The van der Waals surface area contributed by atoms with E-state index in [0.717, 1.165) is 45.2 Å². The summed E-state index contributed by atoms with van der Waals surface area (Å²) in [6, 6.07) is 8.83. The molecule has 1 aromatic carbocycles. The molecule has 0 atom stereocenters. The Morgan fingerprint density at radius 3 is 2.65 bits per heavy atom. The third-order valence-electron chi connectivity index (χ3n) is 3.80. The molecule has 0 saturated carbocycles. The number of hydrogen-bond acceptors (Lipinski definition) is 4. The smallest absolute Gasteiger partial charge is 0.194 e. The predicted molar refractivity (Wildman–Crippen MR) is 84.8 cm³/mol. The van der Waals surface area contributed by atoms with Crippen LogP contribution in [0.15, 0.2) is 29.3 Å².